The van der Waals surface area contributed by atoms with Gasteiger partial charge in [-0.25, -0.2) is 16.8 Å². The molecule has 33 heavy (non-hydrogen) atoms. The molecule has 1 aliphatic rings. The van der Waals surface area contributed by atoms with E-state index in [1.54, 1.807) is 24.3 Å². The fourth-order valence-electron chi connectivity index (χ4n) is 3.16. The molecule has 0 bridgehead atoms. The van der Waals surface area contributed by atoms with Crippen molar-refractivity contribution >= 4 is 53.8 Å². The standard InChI is InChI=1S/C19H17Cl2N5O5S2/c20-13-3-1-12(2-4-13)16-9-22-25-19(16)32(27,28)10-17-23-24-18(31-17)11-33(29,30)26-15-7-5-14(21)6-8-15/h1-8,16,22,26H,9-11H2. The number of halogens is 2. The van der Waals surface area contributed by atoms with Crippen LogP contribution in [0.25, 0.3) is 0 Å². The summed E-state index contributed by atoms with van der Waals surface area (Å²) in [5, 5.41) is 12.2. The number of nitrogens with one attached hydrogen (secondary N) is 2. The number of anilines is 1. The maximum absolute atomic E-state index is 13.0. The molecule has 0 saturated heterocycles. The molecule has 1 aliphatic heterocycles. The van der Waals surface area contributed by atoms with Crippen LogP contribution in [-0.2, 0) is 31.4 Å². The van der Waals surface area contributed by atoms with Crippen LogP contribution in [0.5, 0.6) is 0 Å². The fourth-order valence-corrected chi connectivity index (χ4v) is 5.87. The summed E-state index contributed by atoms with van der Waals surface area (Å²) >= 11 is 11.7. The van der Waals surface area contributed by atoms with Crippen molar-refractivity contribution in [2.24, 2.45) is 5.10 Å². The quantitative estimate of drug-likeness (QED) is 0.475. The molecule has 2 N–H and O–H groups in total. The van der Waals surface area contributed by atoms with Crippen LogP contribution in [0.1, 0.15) is 23.3 Å². The van der Waals surface area contributed by atoms with Gasteiger partial charge in [0, 0.05) is 22.3 Å². The lowest BCUT2D eigenvalue weighted by molar-refractivity contribution is 0.473. The average Bonchev–Trinajstić information content (AvgIpc) is 3.40. The van der Waals surface area contributed by atoms with Crippen molar-refractivity contribution in [2.75, 3.05) is 11.3 Å². The number of hydrazone groups is 1. The molecule has 174 valence electrons. The van der Waals surface area contributed by atoms with Gasteiger partial charge in [0.05, 0.1) is 5.92 Å². The molecular weight excluding hydrogens is 513 g/mol. The van der Waals surface area contributed by atoms with Gasteiger partial charge in [0.1, 0.15) is 11.5 Å². The summed E-state index contributed by atoms with van der Waals surface area (Å²) in [4.78, 5) is 0. The van der Waals surface area contributed by atoms with E-state index in [1.807, 2.05) is 0 Å². The Labute approximate surface area is 200 Å². The van der Waals surface area contributed by atoms with Crippen molar-refractivity contribution < 1.29 is 21.3 Å². The van der Waals surface area contributed by atoms with Gasteiger partial charge < -0.3 is 9.84 Å². The highest BCUT2D eigenvalue weighted by Crippen LogP contribution is 2.26. The average molecular weight is 530 g/mol. The number of hydrogen-bond donors (Lipinski definition) is 2. The number of rotatable bonds is 7. The van der Waals surface area contributed by atoms with Crippen LogP contribution < -0.4 is 10.1 Å². The lowest BCUT2D eigenvalue weighted by atomic mass is 10.0. The summed E-state index contributed by atoms with van der Waals surface area (Å²) < 4.78 is 58.3. The predicted molar refractivity (Wildman–Crippen MR) is 124 cm³/mol. The summed E-state index contributed by atoms with van der Waals surface area (Å²) in [5.74, 6) is -2.23. The molecule has 1 atom stereocenters. The summed E-state index contributed by atoms with van der Waals surface area (Å²) in [5.41, 5.74) is 3.74. The van der Waals surface area contributed by atoms with Crippen LogP contribution in [0.3, 0.4) is 0 Å². The Kier molecular flexibility index (Phi) is 6.61. The van der Waals surface area contributed by atoms with Crippen molar-refractivity contribution in [2.45, 2.75) is 17.4 Å². The second kappa shape index (κ2) is 9.29. The largest absolute Gasteiger partial charge is 0.423 e. The number of benzene rings is 2. The molecule has 0 amide bonds. The topological polar surface area (TPSA) is 144 Å². The Morgan fingerprint density at radius 1 is 0.909 bits per heavy atom. The molecule has 2 aromatic carbocycles. The molecule has 14 heteroatoms. The Bertz CT molecular complexity index is 1390. The first-order chi connectivity index (χ1) is 15.6. The van der Waals surface area contributed by atoms with Crippen molar-refractivity contribution in [1.82, 2.24) is 15.6 Å². The van der Waals surface area contributed by atoms with Crippen LogP contribution >= 0.6 is 23.2 Å². The minimum Gasteiger partial charge on any atom is -0.423 e. The summed E-state index contributed by atoms with van der Waals surface area (Å²) in [6, 6.07) is 12.9. The Balaban J connectivity index is 1.45. The SMILES string of the molecule is O=S(=O)(Cc1nnc(CS(=O)(=O)C2=NNCC2c2ccc(Cl)cc2)o1)Nc1ccc(Cl)cc1. The van der Waals surface area contributed by atoms with E-state index in [4.69, 9.17) is 27.6 Å². The van der Waals surface area contributed by atoms with Gasteiger partial charge in [-0.1, -0.05) is 35.3 Å². The Hall–Kier alpha value is -2.67. The maximum Gasteiger partial charge on any atom is 0.241 e. The van der Waals surface area contributed by atoms with E-state index in [0.29, 0.717) is 22.3 Å². The van der Waals surface area contributed by atoms with Gasteiger partial charge >= 0.3 is 0 Å². The van der Waals surface area contributed by atoms with Crippen molar-refractivity contribution in [1.29, 1.82) is 0 Å². The molecule has 0 saturated carbocycles. The van der Waals surface area contributed by atoms with Crippen LogP contribution in [0.2, 0.25) is 10.0 Å². The highest BCUT2D eigenvalue weighted by atomic mass is 35.5. The molecule has 4 rings (SSSR count). The zero-order valence-corrected chi connectivity index (χ0v) is 19.9. The summed E-state index contributed by atoms with van der Waals surface area (Å²) in [6.45, 7) is 0.305. The zero-order valence-electron chi connectivity index (χ0n) is 16.8. The first kappa shape index (κ1) is 23.5. The van der Waals surface area contributed by atoms with E-state index < -0.39 is 37.3 Å². The minimum atomic E-state index is -3.92. The molecule has 3 aromatic rings. The van der Waals surface area contributed by atoms with E-state index in [1.165, 1.54) is 24.3 Å². The van der Waals surface area contributed by atoms with E-state index in [0.717, 1.165) is 5.56 Å². The smallest absolute Gasteiger partial charge is 0.241 e. The first-order valence-corrected chi connectivity index (χ1v) is 13.5. The third-order valence-corrected chi connectivity index (χ3v) is 7.94. The highest BCUT2D eigenvalue weighted by molar-refractivity contribution is 8.05. The second-order valence-corrected chi connectivity index (χ2v) is 11.7. The maximum atomic E-state index is 13.0. The van der Waals surface area contributed by atoms with E-state index >= 15 is 0 Å². The van der Waals surface area contributed by atoms with Gasteiger partial charge in [-0.05, 0) is 42.0 Å². The lowest BCUT2D eigenvalue weighted by Crippen LogP contribution is -2.23. The Morgan fingerprint density at radius 3 is 2.12 bits per heavy atom. The molecular formula is C19H17Cl2N5O5S2. The molecule has 1 aromatic heterocycles. The zero-order chi connectivity index (χ0) is 23.6. The first-order valence-electron chi connectivity index (χ1n) is 9.47. The van der Waals surface area contributed by atoms with Gasteiger partial charge in [-0.15, -0.1) is 10.2 Å². The number of aromatic nitrogens is 2. The summed E-state index contributed by atoms with van der Waals surface area (Å²) in [7, 11) is -7.80. The van der Waals surface area contributed by atoms with E-state index in [2.05, 4.69) is 25.4 Å². The van der Waals surface area contributed by atoms with Crippen molar-refractivity contribution in [3.05, 3.63) is 75.9 Å². The molecule has 0 radical (unpaired) electrons. The molecule has 0 fully saturated rings. The number of hydrogen-bond acceptors (Lipinski definition) is 9. The van der Waals surface area contributed by atoms with Crippen molar-refractivity contribution in [3.8, 4) is 0 Å². The molecule has 2 heterocycles. The predicted octanol–water partition coefficient (Wildman–Crippen LogP) is 2.93. The lowest BCUT2D eigenvalue weighted by Gasteiger charge is -2.12. The van der Waals surface area contributed by atoms with Crippen LogP contribution in [0.4, 0.5) is 5.69 Å². The Morgan fingerprint density at radius 2 is 1.48 bits per heavy atom. The third-order valence-electron chi connectivity index (χ3n) is 4.63. The number of sulfonamides is 1. The van der Waals surface area contributed by atoms with Gasteiger partial charge in [-0.3, -0.25) is 4.72 Å². The summed E-state index contributed by atoms with van der Waals surface area (Å²) in [6.07, 6.45) is 0. The number of sulfone groups is 1. The van der Waals surface area contributed by atoms with E-state index in [9.17, 15) is 16.8 Å². The van der Waals surface area contributed by atoms with Crippen LogP contribution in [-0.4, -0.2) is 38.6 Å². The van der Waals surface area contributed by atoms with Crippen LogP contribution in [0.15, 0.2) is 58.0 Å². The van der Waals surface area contributed by atoms with Crippen molar-refractivity contribution in [3.63, 3.8) is 0 Å². The second-order valence-electron chi connectivity index (χ2n) is 7.13. The molecule has 0 spiro atoms. The van der Waals surface area contributed by atoms with Crippen LogP contribution in [0, 0.1) is 0 Å². The van der Waals surface area contributed by atoms with Gasteiger partial charge in [0.25, 0.3) is 0 Å². The van der Waals surface area contributed by atoms with E-state index in [-0.39, 0.29) is 16.8 Å². The van der Waals surface area contributed by atoms with Gasteiger partial charge in [0.2, 0.25) is 31.6 Å². The number of nitrogens with zero attached hydrogens (tertiary/aromatic N) is 3. The molecule has 1 unspecified atom stereocenters. The fraction of sp³-hybridized carbons (Fsp3) is 0.211. The molecule has 0 aliphatic carbocycles. The third kappa shape index (κ3) is 5.82. The monoisotopic (exact) mass is 529 g/mol. The van der Waals surface area contributed by atoms with Gasteiger partial charge in [-0.2, -0.15) is 5.10 Å². The molecule has 10 nitrogen and oxygen atoms in total. The normalized spacial score (nSPS) is 16.3. The van der Waals surface area contributed by atoms with Gasteiger partial charge in [0.15, 0.2) is 5.04 Å². The highest BCUT2D eigenvalue weighted by Gasteiger charge is 2.35. The minimum absolute atomic E-state index is 0.0680.